The maximum atomic E-state index is 13.3. The summed E-state index contributed by atoms with van der Waals surface area (Å²) in [4.78, 5) is 39.6. The topological polar surface area (TPSA) is 157 Å². The molecule has 0 spiro atoms. The van der Waals surface area contributed by atoms with Gasteiger partial charge in [0.2, 0.25) is 15.9 Å². The molecular weight excluding hydrogens is 546 g/mol. The van der Waals surface area contributed by atoms with E-state index >= 15 is 0 Å². The Morgan fingerprint density at radius 2 is 1.76 bits per heavy atom. The SMILES string of the molecule is CN(C)C/C=C/C(=O)Nc1cccc(S(=O)(=O)N2CCC(NC(=O)c3n[nH]cc3NC(=O)c3ccccc3)CC2)c1. The van der Waals surface area contributed by atoms with Crippen molar-refractivity contribution in [1.29, 1.82) is 0 Å². The molecule has 12 nitrogen and oxygen atoms in total. The number of rotatable bonds is 10. The number of sulfonamides is 1. The number of amides is 3. The molecule has 2 heterocycles. The second-order valence-electron chi connectivity index (χ2n) is 9.80. The largest absolute Gasteiger partial charge is 0.348 e. The quantitative estimate of drug-likeness (QED) is 0.269. The van der Waals surface area contributed by atoms with Crippen molar-refractivity contribution in [3.8, 4) is 0 Å². The number of aromatic nitrogens is 2. The molecule has 1 aliphatic rings. The lowest BCUT2D eigenvalue weighted by Crippen LogP contribution is -2.46. The molecule has 3 aromatic rings. The van der Waals surface area contributed by atoms with E-state index in [0.29, 0.717) is 30.6 Å². The van der Waals surface area contributed by atoms with Crippen molar-refractivity contribution >= 4 is 39.1 Å². The van der Waals surface area contributed by atoms with E-state index in [4.69, 9.17) is 0 Å². The molecule has 13 heteroatoms. The highest BCUT2D eigenvalue weighted by Crippen LogP contribution is 2.24. The highest BCUT2D eigenvalue weighted by atomic mass is 32.2. The van der Waals surface area contributed by atoms with Gasteiger partial charge in [0, 0.05) is 49.2 Å². The van der Waals surface area contributed by atoms with Crippen LogP contribution in [0.15, 0.2) is 77.8 Å². The molecule has 41 heavy (non-hydrogen) atoms. The molecule has 0 unspecified atom stereocenters. The van der Waals surface area contributed by atoms with Gasteiger partial charge >= 0.3 is 0 Å². The number of carbonyl (C=O) groups is 3. The van der Waals surface area contributed by atoms with Gasteiger partial charge in [-0.2, -0.15) is 9.40 Å². The van der Waals surface area contributed by atoms with Crippen LogP contribution in [0.25, 0.3) is 0 Å². The summed E-state index contributed by atoms with van der Waals surface area (Å²) < 4.78 is 28.0. The smallest absolute Gasteiger partial charge is 0.274 e. The van der Waals surface area contributed by atoms with Crippen molar-refractivity contribution in [2.24, 2.45) is 0 Å². The van der Waals surface area contributed by atoms with E-state index in [1.807, 2.05) is 19.0 Å². The minimum atomic E-state index is -3.81. The van der Waals surface area contributed by atoms with Crippen LogP contribution in [0.4, 0.5) is 11.4 Å². The first-order valence-corrected chi connectivity index (χ1v) is 14.5. The van der Waals surface area contributed by atoms with Gasteiger partial charge in [-0.15, -0.1) is 0 Å². The van der Waals surface area contributed by atoms with Crippen LogP contribution in [0.2, 0.25) is 0 Å². The van der Waals surface area contributed by atoms with Gasteiger partial charge in [-0.05, 0) is 57.3 Å². The van der Waals surface area contributed by atoms with E-state index in [-0.39, 0.29) is 47.2 Å². The monoisotopic (exact) mass is 579 g/mol. The van der Waals surface area contributed by atoms with Crippen molar-refractivity contribution in [3.63, 3.8) is 0 Å². The molecule has 0 atom stereocenters. The molecule has 1 fully saturated rings. The summed E-state index contributed by atoms with van der Waals surface area (Å²) in [6.07, 6.45) is 5.35. The van der Waals surface area contributed by atoms with E-state index in [0.717, 1.165) is 0 Å². The fraction of sp³-hybridized carbons (Fsp3) is 0.286. The number of hydrogen-bond acceptors (Lipinski definition) is 7. The molecule has 0 aliphatic carbocycles. The summed E-state index contributed by atoms with van der Waals surface area (Å²) >= 11 is 0. The Hall–Kier alpha value is -4.33. The zero-order valence-electron chi connectivity index (χ0n) is 22.8. The van der Waals surface area contributed by atoms with Gasteiger partial charge in [-0.1, -0.05) is 30.3 Å². The van der Waals surface area contributed by atoms with Gasteiger partial charge in [0.25, 0.3) is 11.8 Å². The zero-order valence-corrected chi connectivity index (χ0v) is 23.6. The number of anilines is 2. The number of piperidine rings is 1. The molecule has 4 N–H and O–H groups in total. The number of aromatic amines is 1. The van der Waals surface area contributed by atoms with Crippen LogP contribution in [-0.2, 0) is 14.8 Å². The number of benzene rings is 2. The molecule has 1 saturated heterocycles. The van der Waals surface area contributed by atoms with Gasteiger partial charge in [-0.3, -0.25) is 19.5 Å². The Kier molecular flexibility index (Phi) is 9.65. The second-order valence-corrected chi connectivity index (χ2v) is 11.7. The Balaban J connectivity index is 1.32. The Labute approximate surface area is 238 Å². The van der Waals surface area contributed by atoms with Crippen LogP contribution in [0.5, 0.6) is 0 Å². The zero-order chi connectivity index (χ0) is 29.4. The number of H-pyrrole nitrogens is 1. The van der Waals surface area contributed by atoms with Crippen LogP contribution in [0.1, 0.15) is 33.7 Å². The molecule has 1 aliphatic heterocycles. The average molecular weight is 580 g/mol. The average Bonchev–Trinajstić information content (AvgIpc) is 3.42. The Morgan fingerprint density at radius 1 is 1.02 bits per heavy atom. The fourth-order valence-corrected chi connectivity index (χ4v) is 5.79. The standard InChI is InChI=1S/C28H33N7O5S/c1-34(2)15-7-12-25(36)30-22-10-6-11-23(18-22)41(39,40)35-16-13-21(14-17-35)31-28(38)26-24(19-29-33-26)32-27(37)20-8-4-3-5-9-20/h3-12,18-19,21H,13-17H2,1-2H3,(H,29,33)(H,30,36)(H,31,38)(H,32,37)/b12-7+. The number of nitrogens with one attached hydrogen (secondary N) is 4. The molecule has 0 bridgehead atoms. The van der Waals surface area contributed by atoms with E-state index in [9.17, 15) is 22.8 Å². The third kappa shape index (κ3) is 7.87. The van der Waals surface area contributed by atoms with E-state index in [1.54, 1.807) is 48.5 Å². The van der Waals surface area contributed by atoms with Crippen LogP contribution in [0, 0.1) is 0 Å². The highest BCUT2D eigenvalue weighted by molar-refractivity contribution is 7.89. The molecule has 0 radical (unpaired) electrons. The maximum Gasteiger partial charge on any atom is 0.274 e. The summed E-state index contributed by atoms with van der Waals surface area (Å²) in [5.74, 6) is -1.19. The van der Waals surface area contributed by atoms with E-state index < -0.39 is 15.9 Å². The summed E-state index contributed by atoms with van der Waals surface area (Å²) in [6.45, 7) is 1.01. The van der Waals surface area contributed by atoms with E-state index in [2.05, 4.69) is 26.1 Å². The molecule has 3 amide bonds. The number of likely N-dealkylation sites (N-methyl/N-ethyl adjacent to an activating group) is 1. The minimum Gasteiger partial charge on any atom is -0.348 e. The predicted octanol–water partition coefficient (Wildman–Crippen LogP) is 2.30. The third-order valence-electron chi connectivity index (χ3n) is 6.41. The minimum absolute atomic E-state index is 0.0414. The van der Waals surface area contributed by atoms with Gasteiger partial charge in [0.15, 0.2) is 5.69 Å². The predicted molar refractivity (Wildman–Crippen MR) is 155 cm³/mol. The Morgan fingerprint density at radius 3 is 2.46 bits per heavy atom. The molecular formula is C28H33N7O5S. The molecule has 4 rings (SSSR count). The van der Waals surface area contributed by atoms with Crippen LogP contribution in [-0.4, -0.2) is 85.3 Å². The van der Waals surface area contributed by atoms with Gasteiger partial charge < -0.3 is 20.9 Å². The molecule has 1 aromatic heterocycles. The summed E-state index contributed by atoms with van der Waals surface area (Å²) in [5.41, 5.74) is 1.11. The first-order valence-electron chi connectivity index (χ1n) is 13.1. The molecule has 2 aromatic carbocycles. The lowest BCUT2D eigenvalue weighted by Gasteiger charge is -2.31. The van der Waals surface area contributed by atoms with Crippen molar-refractivity contribution in [1.82, 2.24) is 24.7 Å². The summed E-state index contributed by atoms with van der Waals surface area (Å²) in [5, 5.41) is 14.9. The van der Waals surface area contributed by atoms with Gasteiger partial charge in [0.1, 0.15) is 0 Å². The number of hydrogen-bond donors (Lipinski definition) is 4. The lowest BCUT2D eigenvalue weighted by molar-refractivity contribution is -0.111. The van der Waals surface area contributed by atoms with Crippen molar-refractivity contribution in [2.45, 2.75) is 23.8 Å². The normalized spacial score (nSPS) is 14.7. The van der Waals surface area contributed by atoms with Crippen molar-refractivity contribution in [2.75, 3.05) is 44.4 Å². The lowest BCUT2D eigenvalue weighted by atomic mass is 10.1. The summed E-state index contributed by atoms with van der Waals surface area (Å²) in [7, 11) is -0.0380. The van der Waals surface area contributed by atoms with Crippen LogP contribution in [0.3, 0.4) is 0 Å². The highest BCUT2D eigenvalue weighted by Gasteiger charge is 2.31. The number of nitrogens with zero attached hydrogens (tertiary/aromatic N) is 3. The first kappa shape index (κ1) is 29.6. The van der Waals surface area contributed by atoms with Gasteiger partial charge in [0.05, 0.1) is 10.6 Å². The second kappa shape index (κ2) is 13.4. The van der Waals surface area contributed by atoms with Crippen LogP contribution < -0.4 is 16.0 Å². The van der Waals surface area contributed by atoms with Crippen molar-refractivity contribution < 1.29 is 22.8 Å². The molecule has 0 saturated carbocycles. The van der Waals surface area contributed by atoms with Crippen LogP contribution >= 0.6 is 0 Å². The Bertz CT molecular complexity index is 1510. The molecule has 216 valence electrons. The maximum absolute atomic E-state index is 13.3. The van der Waals surface area contributed by atoms with Crippen molar-refractivity contribution in [3.05, 3.63) is 84.2 Å². The van der Waals surface area contributed by atoms with Gasteiger partial charge in [-0.25, -0.2) is 8.42 Å². The third-order valence-corrected chi connectivity index (χ3v) is 8.30. The number of carbonyl (C=O) groups excluding carboxylic acids is 3. The first-order chi connectivity index (χ1) is 19.6. The fourth-order valence-electron chi connectivity index (χ4n) is 4.27. The summed E-state index contributed by atoms with van der Waals surface area (Å²) in [6, 6.07) is 14.5. The van der Waals surface area contributed by atoms with E-state index in [1.165, 1.54) is 28.7 Å².